The lowest BCUT2D eigenvalue weighted by atomic mass is 9.83. The summed E-state index contributed by atoms with van der Waals surface area (Å²) in [6, 6.07) is 13.5. The van der Waals surface area contributed by atoms with Gasteiger partial charge in [-0.05, 0) is 13.0 Å². The number of H-pyrrole nitrogens is 1. The second kappa shape index (κ2) is 7.32. The van der Waals surface area contributed by atoms with Crippen LogP contribution in [0.15, 0.2) is 47.3 Å². The quantitative estimate of drug-likeness (QED) is 0.334. The number of ketones is 2. The Morgan fingerprint density at radius 2 is 1.52 bits per heavy atom. The standard InChI is InChI=1S/C14H9NO2.C7H7N3O2/c15-11-7-3-6-10-12(11)14(17)9-5-2-1-4-8(9)13(10)16;1-3-4(2-8)6(11)10-7(12)5(3)9/h1-7H,15H2;9H2,1H3,(H2,10,11,12). The molecule has 2 aromatic carbocycles. The molecule has 0 fully saturated rings. The number of nitrogen functional groups attached to an aromatic ring is 2. The monoisotopic (exact) mass is 388 g/mol. The third-order valence-corrected chi connectivity index (χ3v) is 4.59. The maximum atomic E-state index is 12.2. The first-order chi connectivity index (χ1) is 13.8. The van der Waals surface area contributed by atoms with Gasteiger partial charge < -0.3 is 16.6 Å². The largest absolute Gasteiger partial charge is 0.494 e. The Hall–Kier alpha value is -4.38. The zero-order chi connectivity index (χ0) is 21.3. The Labute approximate surface area is 165 Å². The van der Waals surface area contributed by atoms with E-state index in [0.29, 0.717) is 33.5 Å². The van der Waals surface area contributed by atoms with Crippen molar-refractivity contribution in [1.29, 1.82) is 5.26 Å². The normalized spacial score (nSPS) is 11.6. The smallest absolute Gasteiger partial charge is 0.274 e. The number of aromatic amines is 1. The summed E-state index contributed by atoms with van der Waals surface area (Å²) in [6.45, 7) is 1.50. The number of nitrogens with one attached hydrogen (secondary N) is 1. The van der Waals surface area contributed by atoms with Crippen molar-refractivity contribution in [3.63, 3.8) is 0 Å². The van der Waals surface area contributed by atoms with Crippen LogP contribution in [0, 0.1) is 18.3 Å². The molecule has 0 spiro atoms. The van der Waals surface area contributed by atoms with Crippen LogP contribution in [-0.4, -0.2) is 21.7 Å². The van der Waals surface area contributed by atoms with E-state index in [9.17, 15) is 14.4 Å². The summed E-state index contributed by atoms with van der Waals surface area (Å²) in [6.07, 6.45) is 0. The molecule has 0 unspecified atom stereocenters. The average Bonchev–Trinajstić information content (AvgIpc) is 2.71. The van der Waals surface area contributed by atoms with Gasteiger partial charge in [0.15, 0.2) is 11.6 Å². The van der Waals surface area contributed by atoms with Crippen LogP contribution in [0.2, 0.25) is 0 Å². The number of hydrogen-bond donors (Lipinski definition) is 4. The first-order valence-corrected chi connectivity index (χ1v) is 8.46. The summed E-state index contributed by atoms with van der Waals surface area (Å²) < 4.78 is 0. The van der Waals surface area contributed by atoms with Gasteiger partial charge >= 0.3 is 0 Å². The number of aromatic hydroxyl groups is 1. The molecule has 144 valence electrons. The SMILES string of the molecule is Cc1c(C#N)c(O)[nH]c(=O)c1N.Nc1cccc2c1C(=O)c1ccccc1C2=O. The fourth-order valence-corrected chi connectivity index (χ4v) is 3.03. The van der Waals surface area contributed by atoms with Crippen molar-refractivity contribution in [2.75, 3.05) is 11.5 Å². The van der Waals surface area contributed by atoms with Gasteiger partial charge in [0.2, 0.25) is 5.88 Å². The molecule has 3 aromatic rings. The number of pyridine rings is 1. The van der Waals surface area contributed by atoms with E-state index in [2.05, 4.69) is 4.98 Å². The van der Waals surface area contributed by atoms with Gasteiger partial charge in [-0.1, -0.05) is 36.4 Å². The Bertz CT molecular complexity index is 1270. The van der Waals surface area contributed by atoms with Gasteiger partial charge in [-0.3, -0.25) is 19.4 Å². The molecule has 0 amide bonds. The van der Waals surface area contributed by atoms with Crippen LogP contribution < -0.4 is 17.0 Å². The van der Waals surface area contributed by atoms with Crippen LogP contribution in [0.4, 0.5) is 11.4 Å². The lowest BCUT2D eigenvalue weighted by Crippen LogP contribution is -2.22. The van der Waals surface area contributed by atoms with Crippen molar-refractivity contribution in [2.24, 2.45) is 0 Å². The molecule has 0 radical (unpaired) electrons. The first-order valence-electron chi connectivity index (χ1n) is 8.46. The molecular weight excluding hydrogens is 372 g/mol. The Balaban J connectivity index is 0.000000177. The molecule has 1 aliphatic rings. The summed E-state index contributed by atoms with van der Waals surface area (Å²) >= 11 is 0. The molecule has 1 heterocycles. The third-order valence-electron chi connectivity index (χ3n) is 4.59. The Kier molecular flexibility index (Phi) is 4.90. The third kappa shape index (κ3) is 3.21. The lowest BCUT2D eigenvalue weighted by molar-refractivity contribution is 0.0979. The highest BCUT2D eigenvalue weighted by atomic mass is 16.3. The van der Waals surface area contributed by atoms with E-state index < -0.39 is 11.4 Å². The minimum absolute atomic E-state index is 0.00657. The van der Waals surface area contributed by atoms with E-state index in [1.54, 1.807) is 48.5 Å². The summed E-state index contributed by atoms with van der Waals surface area (Å²) in [4.78, 5) is 37.4. The van der Waals surface area contributed by atoms with Crippen molar-refractivity contribution in [2.45, 2.75) is 6.92 Å². The summed E-state index contributed by atoms with van der Waals surface area (Å²) in [5.41, 5.74) is 12.8. The van der Waals surface area contributed by atoms with Crippen LogP contribution in [0.25, 0.3) is 0 Å². The number of fused-ring (bicyclic) bond motifs is 2. The van der Waals surface area contributed by atoms with E-state index in [1.807, 2.05) is 0 Å². The second-order valence-corrected chi connectivity index (χ2v) is 6.30. The summed E-state index contributed by atoms with van der Waals surface area (Å²) in [5, 5.41) is 17.6. The Morgan fingerprint density at radius 3 is 2.14 bits per heavy atom. The molecule has 8 nitrogen and oxygen atoms in total. The molecule has 0 bridgehead atoms. The van der Waals surface area contributed by atoms with E-state index in [-0.39, 0.29) is 22.8 Å². The number of anilines is 2. The predicted octanol–water partition coefficient (Wildman–Crippen LogP) is 1.89. The van der Waals surface area contributed by atoms with Crippen LogP contribution in [0.3, 0.4) is 0 Å². The second-order valence-electron chi connectivity index (χ2n) is 6.30. The molecular formula is C21H16N4O4. The lowest BCUT2D eigenvalue weighted by Gasteiger charge is -2.18. The number of nitrogens with zero attached hydrogens (tertiary/aromatic N) is 1. The van der Waals surface area contributed by atoms with Crippen LogP contribution in [0.5, 0.6) is 5.88 Å². The maximum absolute atomic E-state index is 12.2. The first kappa shape index (κ1) is 19.4. The van der Waals surface area contributed by atoms with Gasteiger partial charge in [0.05, 0.1) is 5.56 Å². The molecule has 8 heteroatoms. The number of aromatic nitrogens is 1. The van der Waals surface area contributed by atoms with Gasteiger partial charge in [0, 0.05) is 27.9 Å². The Morgan fingerprint density at radius 1 is 0.931 bits per heavy atom. The number of carbonyl (C=O) groups excluding carboxylic acids is 2. The average molecular weight is 388 g/mol. The van der Waals surface area contributed by atoms with E-state index in [1.165, 1.54) is 6.92 Å². The van der Waals surface area contributed by atoms with Gasteiger partial charge in [-0.15, -0.1) is 0 Å². The number of hydrogen-bond acceptors (Lipinski definition) is 7. The number of carbonyl (C=O) groups is 2. The van der Waals surface area contributed by atoms with Crippen molar-refractivity contribution in [3.05, 3.63) is 86.2 Å². The molecule has 0 saturated heterocycles. The highest BCUT2D eigenvalue weighted by Gasteiger charge is 2.30. The maximum Gasteiger partial charge on any atom is 0.274 e. The van der Waals surface area contributed by atoms with Gasteiger partial charge in [0.25, 0.3) is 5.56 Å². The van der Waals surface area contributed by atoms with Gasteiger partial charge in [-0.25, -0.2) is 0 Å². The number of nitrogens with two attached hydrogens (primary N) is 2. The molecule has 29 heavy (non-hydrogen) atoms. The van der Waals surface area contributed by atoms with Gasteiger partial charge in [0.1, 0.15) is 17.3 Å². The number of nitriles is 1. The predicted molar refractivity (Wildman–Crippen MR) is 107 cm³/mol. The summed E-state index contributed by atoms with van der Waals surface area (Å²) in [5.74, 6) is -0.745. The molecule has 6 N–H and O–H groups in total. The molecule has 0 aliphatic heterocycles. The minimum atomic E-state index is -0.580. The minimum Gasteiger partial charge on any atom is -0.494 e. The molecule has 1 aromatic heterocycles. The fourth-order valence-electron chi connectivity index (χ4n) is 3.03. The van der Waals surface area contributed by atoms with E-state index in [4.69, 9.17) is 21.8 Å². The fraction of sp³-hybridized carbons (Fsp3) is 0.0476. The zero-order valence-electron chi connectivity index (χ0n) is 15.3. The highest BCUT2D eigenvalue weighted by molar-refractivity contribution is 6.29. The highest BCUT2D eigenvalue weighted by Crippen LogP contribution is 2.30. The molecule has 1 aliphatic carbocycles. The zero-order valence-corrected chi connectivity index (χ0v) is 15.3. The van der Waals surface area contributed by atoms with Crippen molar-refractivity contribution in [1.82, 2.24) is 4.98 Å². The molecule has 0 atom stereocenters. The van der Waals surface area contributed by atoms with Crippen LogP contribution >= 0.6 is 0 Å². The topological polar surface area (TPSA) is 163 Å². The van der Waals surface area contributed by atoms with Crippen molar-refractivity contribution < 1.29 is 14.7 Å². The molecule has 4 rings (SSSR count). The van der Waals surface area contributed by atoms with Crippen LogP contribution in [-0.2, 0) is 0 Å². The van der Waals surface area contributed by atoms with Crippen LogP contribution in [0.1, 0.15) is 43.0 Å². The van der Waals surface area contributed by atoms with E-state index in [0.717, 1.165) is 0 Å². The van der Waals surface area contributed by atoms with Crippen molar-refractivity contribution >= 4 is 22.9 Å². The van der Waals surface area contributed by atoms with E-state index >= 15 is 0 Å². The number of benzene rings is 2. The number of rotatable bonds is 0. The van der Waals surface area contributed by atoms with Crippen molar-refractivity contribution in [3.8, 4) is 11.9 Å². The van der Waals surface area contributed by atoms with Gasteiger partial charge in [-0.2, -0.15) is 5.26 Å². The molecule has 0 saturated carbocycles. The summed E-state index contributed by atoms with van der Waals surface area (Å²) in [7, 11) is 0.